The lowest BCUT2D eigenvalue weighted by Gasteiger charge is -2.12. The number of anilines is 1. The highest BCUT2D eigenvalue weighted by Gasteiger charge is 2.12. The number of hydrogen-bond donors (Lipinski definition) is 3. The predicted molar refractivity (Wildman–Crippen MR) is 68.4 cm³/mol. The fourth-order valence-electron chi connectivity index (χ4n) is 1.33. The number of terminal acetylenes is 1. The average molecular weight is 264 g/mol. The number of halogens is 1. The van der Waals surface area contributed by atoms with Crippen molar-refractivity contribution < 1.29 is 19.1 Å². The topological polar surface area (TPSA) is 78.4 Å². The van der Waals surface area contributed by atoms with Crippen molar-refractivity contribution in [3.63, 3.8) is 0 Å². The second-order valence-electron chi connectivity index (χ2n) is 3.73. The van der Waals surface area contributed by atoms with Crippen LogP contribution in [-0.4, -0.2) is 23.1 Å². The van der Waals surface area contributed by atoms with E-state index in [2.05, 4.69) is 16.6 Å². The van der Waals surface area contributed by atoms with Gasteiger partial charge in [0.05, 0.1) is 17.3 Å². The predicted octanol–water partition coefficient (Wildman–Crippen LogP) is 2.06. The molecule has 0 fully saturated rings. The number of rotatable bonds is 4. The largest absolute Gasteiger partial charge is 0.478 e. The van der Waals surface area contributed by atoms with Gasteiger partial charge >= 0.3 is 12.0 Å². The summed E-state index contributed by atoms with van der Waals surface area (Å²) in [6.07, 6.45) is 5.70. The van der Waals surface area contributed by atoms with E-state index in [0.29, 0.717) is 6.42 Å². The van der Waals surface area contributed by atoms with Gasteiger partial charge in [-0.2, -0.15) is 0 Å². The number of carbonyl (C=O) groups excluding carboxylic acids is 1. The van der Waals surface area contributed by atoms with E-state index in [1.54, 1.807) is 6.92 Å². The SMILES string of the molecule is C#CC(CC)NC(=O)Nc1cc(C(=O)O)ccc1F. The van der Waals surface area contributed by atoms with Crippen LogP contribution in [0.1, 0.15) is 23.7 Å². The fraction of sp³-hybridized carbons (Fsp3) is 0.231. The molecule has 1 rings (SSSR count). The molecule has 5 nitrogen and oxygen atoms in total. The Labute approximate surface area is 109 Å². The van der Waals surface area contributed by atoms with Gasteiger partial charge in [0.1, 0.15) is 5.82 Å². The minimum absolute atomic E-state index is 0.124. The monoisotopic (exact) mass is 264 g/mol. The summed E-state index contributed by atoms with van der Waals surface area (Å²) < 4.78 is 13.4. The smallest absolute Gasteiger partial charge is 0.335 e. The summed E-state index contributed by atoms with van der Waals surface area (Å²) in [6, 6.07) is 1.96. The number of amides is 2. The van der Waals surface area contributed by atoms with Gasteiger partial charge in [-0.25, -0.2) is 14.0 Å². The first-order valence-corrected chi connectivity index (χ1v) is 5.54. The van der Waals surface area contributed by atoms with Crippen LogP contribution in [0.25, 0.3) is 0 Å². The van der Waals surface area contributed by atoms with Gasteiger partial charge in [0, 0.05) is 0 Å². The molecule has 0 aliphatic rings. The van der Waals surface area contributed by atoms with Crippen molar-refractivity contribution in [2.75, 3.05) is 5.32 Å². The van der Waals surface area contributed by atoms with Gasteiger partial charge in [-0.05, 0) is 24.6 Å². The van der Waals surface area contributed by atoms with Gasteiger partial charge < -0.3 is 15.7 Å². The Balaban J connectivity index is 2.82. The molecule has 100 valence electrons. The van der Waals surface area contributed by atoms with E-state index in [4.69, 9.17) is 11.5 Å². The standard InChI is InChI=1S/C13H13FN2O3/c1-3-9(4-2)15-13(19)16-11-7-8(12(17)18)5-6-10(11)14/h1,5-7,9H,4H2,2H3,(H,17,18)(H2,15,16,19). The summed E-state index contributed by atoms with van der Waals surface area (Å²) in [5.74, 6) is 0.415. The third-order valence-corrected chi connectivity index (χ3v) is 2.38. The molecule has 6 heteroatoms. The first-order valence-electron chi connectivity index (χ1n) is 5.54. The summed E-state index contributed by atoms with van der Waals surface area (Å²) in [6.45, 7) is 1.79. The number of benzene rings is 1. The Morgan fingerprint density at radius 2 is 2.21 bits per heavy atom. The summed E-state index contributed by atoms with van der Waals surface area (Å²) >= 11 is 0. The molecule has 0 aromatic heterocycles. The highest BCUT2D eigenvalue weighted by atomic mass is 19.1. The lowest BCUT2D eigenvalue weighted by molar-refractivity contribution is 0.0697. The van der Waals surface area contributed by atoms with Crippen molar-refractivity contribution in [3.8, 4) is 12.3 Å². The molecule has 19 heavy (non-hydrogen) atoms. The van der Waals surface area contributed by atoms with Gasteiger partial charge in [-0.1, -0.05) is 12.8 Å². The highest BCUT2D eigenvalue weighted by Crippen LogP contribution is 2.16. The van der Waals surface area contributed by atoms with Crippen LogP contribution in [0.4, 0.5) is 14.9 Å². The lowest BCUT2D eigenvalue weighted by atomic mass is 10.2. The molecule has 1 aromatic carbocycles. The van der Waals surface area contributed by atoms with Crippen molar-refractivity contribution in [1.82, 2.24) is 5.32 Å². The Bertz CT molecular complexity index is 537. The van der Waals surface area contributed by atoms with Crippen LogP contribution in [0.15, 0.2) is 18.2 Å². The maximum absolute atomic E-state index is 13.4. The number of urea groups is 1. The van der Waals surface area contributed by atoms with Crippen LogP contribution in [0.2, 0.25) is 0 Å². The van der Waals surface area contributed by atoms with Gasteiger partial charge in [0.25, 0.3) is 0 Å². The molecule has 0 saturated carbocycles. The molecule has 0 aliphatic carbocycles. The van der Waals surface area contributed by atoms with Crippen LogP contribution in [0, 0.1) is 18.2 Å². The van der Waals surface area contributed by atoms with E-state index in [-0.39, 0.29) is 11.3 Å². The van der Waals surface area contributed by atoms with Crippen LogP contribution in [-0.2, 0) is 0 Å². The Morgan fingerprint density at radius 1 is 1.53 bits per heavy atom. The third kappa shape index (κ3) is 4.00. The van der Waals surface area contributed by atoms with Crippen molar-refractivity contribution in [1.29, 1.82) is 0 Å². The zero-order valence-electron chi connectivity index (χ0n) is 10.2. The zero-order chi connectivity index (χ0) is 14.4. The number of carbonyl (C=O) groups is 2. The van der Waals surface area contributed by atoms with E-state index in [1.165, 1.54) is 0 Å². The Morgan fingerprint density at radius 3 is 2.74 bits per heavy atom. The van der Waals surface area contributed by atoms with Crippen LogP contribution >= 0.6 is 0 Å². The van der Waals surface area contributed by atoms with Crippen molar-refractivity contribution in [2.24, 2.45) is 0 Å². The number of carboxylic acid groups (broad SMARTS) is 1. The molecule has 0 spiro atoms. The Hall–Kier alpha value is -2.55. The second kappa shape index (κ2) is 6.40. The van der Waals surface area contributed by atoms with Gasteiger partial charge in [0.15, 0.2) is 0 Å². The van der Waals surface area contributed by atoms with E-state index in [9.17, 15) is 14.0 Å². The van der Waals surface area contributed by atoms with Crippen LogP contribution in [0.5, 0.6) is 0 Å². The number of hydrogen-bond acceptors (Lipinski definition) is 2. The molecule has 1 unspecified atom stereocenters. The highest BCUT2D eigenvalue weighted by molar-refractivity contribution is 5.93. The van der Waals surface area contributed by atoms with Crippen molar-refractivity contribution in [3.05, 3.63) is 29.6 Å². The van der Waals surface area contributed by atoms with E-state index >= 15 is 0 Å². The molecule has 0 bridgehead atoms. The average Bonchev–Trinajstić information content (AvgIpc) is 2.38. The minimum atomic E-state index is -1.21. The quantitative estimate of drug-likeness (QED) is 0.728. The first-order chi connectivity index (χ1) is 8.97. The molecule has 2 amide bonds. The van der Waals surface area contributed by atoms with Gasteiger partial charge in [-0.3, -0.25) is 0 Å². The molecular formula is C13H13FN2O3. The molecule has 0 heterocycles. The van der Waals surface area contributed by atoms with E-state index in [0.717, 1.165) is 18.2 Å². The molecule has 3 N–H and O–H groups in total. The molecule has 1 atom stereocenters. The zero-order valence-corrected chi connectivity index (χ0v) is 10.2. The van der Waals surface area contributed by atoms with E-state index < -0.39 is 23.9 Å². The normalized spacial score (nSPS) is 11.2. The molecule has 0 radical (unpaired) electrons. The van der Waals surface area contributed by atoms with E-state index in [1.807, 2.05) is 0 Å². The summed E-state index contributed by atoms with van der Waals surface area (Å²) in [7, 11) is 0. The first kappa shape index (κ1) is 14.5. The maximum Gasteiger partial charge on any atom is 0.335 e. The summed E-state index contributed by atoms with van der Waals surface area (Å²) in [5.41, 5.74) is -0.343. The lowest BCUT2D eigenvalue weighted by Crippen LogP contribution is -2.36. The van der Waals surface area contributed by atoms with Crippen molar-refractivity contribution in [2.45, 2.75) is 19.4 Å². The summed E-state index contributed by atoms with van der Waals surface area (Å²) in [5, 5.41) is 13.4. The number of aromatic carboxylic acids is 1. The fourth-order valence-corrected chi connectivity index (χ4v) is 1.33. The van der Waals surface area contributed by atoms with Crippen LogP contribution < -0.4 is 10.6 Å². The second-order valence-corrected chi connectivity index (χ2v) is 3.73. The van der Waals surface area contributed by atoms with Crippen molar-refractivity contribution >= 4 is 17.7 Å². The summed E-state index contributed by atoms with van der Waals surface area (Å²) in [4.78, 5) is 22.3. The third-order valence-electron chi connectivity index (χ3n) is 2.38. The van der Waals surface area contributed by atoms with Crippen LogP contribution in [0.3, 0.4) is 0 Å². The molecular weight excluding hydrogens is 251 g/mol. The van der Waals surface area contributed by atoms with Gasteiger partial charge in [0.2, 0.25) is 0 Å². The van der Waals surface area contributed by atoms with Gasteiger partial charge in [-0.15, -0.1) is 6.42 Å². The molecule has 0 aliphatic heterocycles. The number of carboxylic acids is 1. The maximum atomic E-state index is 13.4. The Kier molecular flexibility index (Phi) is 4.89. The number of nitrogens with one attached hydrogen (secondary N) is 2. The minimum Gasteiger partial charge on any atom is -0.478 e. The molecule has 0 saturated heterocycles. The molecule has 1 aromatic rings.